The van der Waals surface area contributed by atoms with Crippen LogP contribution >= 0.6 is 49.0 Å². The molecule has 0 aromatic carbocycles. The van der Waals surface area contributed by atoms with Crippen LogP contribution in [0.25, 0.3) is 0 Å². The zero-order valence-corrected chi connectivity index (χ0v) is 18.2. The molecule has 0 aliphatic heterocycles. The van der Waals surface area contributed by atoms with Gasteiger partial charge in [-0.05, 0) is 19.8 Å². The van der Waals surface area contributed by atoms with E-state index in [-0.39, 0.29) is 37.2 Å². The van der Waals surface area contributed by atoms with Gasteiger partial charge in [-0.3, -0.25) is 4.99 Å². The predicted octanol–water partition coefficient (Wildman–Crippen LogP) is 2.87. The van der Waals surface area contributed by atoms with Gasteiger partial charge in [-0.25, -0.2) is 9.97 Å². The number of rotatable bonds is 9. The van der Waals surface area contributed by atoms with E-state index in [1.807, 2.05) is 24.9 Å². The monoisotopic (exact) mass is 443 g/mol. The highest BCUT2D eigenvalue weighted by Gasteiger charge is 2.06. The van der Waals surface area contributed by atoms with Crippen LogP contribution in [-0.2, 0) is 12.2 Å². The van der Waals surface area contributed by atoms with E-state index in [2.05, 4.69) is 37.2 Å². The summed E-state index contributed by atoms with van der Waals surface area (Å²) >= 11 is 1.83. The fourth-order valence-electron chi connectivity index (χ4n) is 2.01. The van der Waals surface area contributed by atoms with Crippen molar-refractivity contribution in [3.05, 3.63) is 35.9 Å². The average molecular weight is 445 g/mol. The van der Waals surface area contributed by atoms with Crippen molar-refractivity contribution in [3.63, 3.8) is 0 Å². The highest BCUT2D eigenvalue weighted by Crippen LogP contribution is 2.17. The van der Waals surface area contributed by atoms with Crippen molar-refractivity contribution in [2.24, 2.45) is 10.7 Å². The lowest BCUT2D eigenvalue weighted by Gasteiger charge is -2.09. The van der Waals surface area contributed by atoms with Gasteiger partial charge in [0.2, 0.25) is 0 Å². The summed E-state index contributed by atoms with van der Waals surface area (Å²) in [7, 11) is 0. The molecule has 2 aromatic rings. The van der Waals surface area contributed by atoms with Crippen LogP contribution in [0, 0.1) is 6.92 Å². The molecular formula is C15H28Cl3N7S. The maximum Gasteiger partial charge on any atom is 0.188 e. The smallest absolute Gasteiger partial charge is 0.188 e. The number of aliphatic imine (C=N–C) groups is 1. The minimum Gasteiger partial charge on any atom is -0.370 e. The summed E-state index contributed by atoms with van der Waals surface area (Å²) in [5.74, 6) is 1.40. The van der Waals surface area contributed by atoms with Gasteiger partial charge in [-0.1, -0.05) is 6.92 Å². The number of nitrogens with one attached hydrogen (secondary N) is 3. The van der Waals surface area contributed by atoms with Crippen LogP contribution in [0.2, 0.25) is 0 Å². The van der Waals surface area contributed by atoms with Crippen molar-refractivity contribution in [1.29, 1.82) is 0 Å². The van der Waals surface area contributed by atoms with Crippen molar-refractivity contribution in [3.8, 4) is 0 Å². The van der Waals surface area contributed by atoms with Crippen LogP contribution in [0.5, 0.6) is 0 Å². The molecule has 0 saturated heterocycles. The van der Waals surface area contributed by atoms with Gasteiger partial charge in [0.15, 0.2) is 5.96 Å². The molecule has 7 nitrogen and oxygen atoms in total. The first kappa shape index (κ1) is 27.1. The van der Waals surface area contributed by atoms with Gasteiger partial charge in [-0.15, -0.1) is 37.2 Å². The van der Waals surface area contributed by atoms with Crippen molar-refractivity contribution >= 4 is 54.9 Å². The predicted molar refractivity (Wildman–Crippen MR) is 117 cm³/mol. The standard InChI is InChI=1S/C15H25N7S.3ClH/c1-11(23-8-14-12(2)20-10-22-14)6-19-15(16)18-5-3-4-13-7-17-9-21-13;;;/h7,9-11H,3-6,8H2,1-2H3,(H,17,21)(H,20,22)(H3,16,18,19);3*1H/t11-;;;/m1.../s1. The second-order valence-corrected chi connectivity index (χ2v) is 6.86. The molecule has 5 N–H and O–H groups in total. The van der Waals surface area contributed by atoms with Crippen molar-refractivity contribution in [1.82, 2.24) is 25.3 Å². The molecule has 0 fully saturated rings. The number of imidazole rings is 2. The highest BCUT2D eigenvalue weighted by molar-refractivity contribution is 7.99. The van der Waals surface area contributed by atoms with E-state index >= 15 is 0 Å². The topological polar surface area (TPSA) is 108 Å². The Kier molecular flexibility index (Phi) is 15.7. The summed E-state index contributed by atoms with van der Waals surface area (Å²) in [4.78, 5) is 18.9. The third-order valence-corrected chi connectivity index (χ3v) is 4.60. The van der Waals surface area contributed by atoms with E-state index in [4.69, 9.17) is 5.73 Å². The van der Waals surface area contributed by atoms with E-state index < -0.39 is 0 Å². The fourth-order valence-corrected chi connectivity index (χ4v) is 2.92. The third-order valence-electron chi connectivity index (χ3n) is 3.44. The summed E-state index contributed by atoms with van der Waals surface area (Å²) < 4.78 is 0. The van der Waals surface area contributed by atoms with E-state index in [1.54, 1.807) is 12.7 Å². The van der Waals surface area contributed by atoms with Gasteiger partial charge in [0.05, 0.1) is 24.9 Å². The quantitative estimate of drug-likeness (QED) is 0.270. The molecule has 0 saturated carbocycles. The summed E-state index contributed by atoms with van der Waals surface area (Å²) in [6, 6.07) is 0. The van der Waals surface area contributed by atoms with Crippen LogP contribution in [0.15, 0.2) is 23.8 Å². The van der Waals surface area contributed by atoms with E-state index in [9.17, 15) is 0 Å². The first-order chi connectivity index (χ1) is 11.1. The summed E-state index contributed by atoms with van der Waals surface area (Å²) in [5, 5.41) is 3.55. The Morgan fingerprint density at radius 3 is 2.69 bits per heavy atom. The molecule has 1 atom stereocenters. The Labute approximate surface area is 177 Å². The van der Waals surface area contributed by atoms with Crippen LogP contribution in [-0.4, -0.2) is 44.2 Å². The average Bonchev–Trinajstić information content (AvgIpc) is 3.19. The van der Waals surface area contributed by atoms with Gasteiger partial charge >= 0.3 is 0 Å². The highest BCUT2D eigenvalue weighted by atomic mass is 35.5. The number of aromatic nitrogens is 4. The molecule has 150 valence electrons. The van der Waals surface area contributed by atoms with E-state index in [1.165, 1.54) is 0 Å². The third kappa shape index (κ3) is 10.2. The van der Waals surface area contributed by atoms with E-state index in [0.717, 1.165) is 42.2 Å². The molecular weight excluding hydrogens is 417 g/mol. The summed E-state index contributed by atoms with van der Waals surface area (Å²) in [5.41, 5.74) is 9.27. The molecule has 0 radical (unpaired) electrons. The number of halogens is 3. The fraction of sp³-hybridized carbons (Fsp3) is 0.533. The second-order valence-electron chi connectivity index (χ2n) is 5.43. The number of H-pyrrole nitrogens is 2. The number of thioether (sulfide) groups is 1. The Hall–Kier alpha value is -1.09. The van der Waals surface area contributed by atoms with Gasteiger partial charge < -0.3 is 21.0 Å². The normalized spacial score (nSPS) is 11.7. The number of aromatic amines is 2. The van der Waals surface area contributed by atoms with Crippen molar-refractivity contribution < 1.29 is 0 Å². The first-order valence-corrected chi connectivity index (χ1v) is 8.81. The molecule has 2 heterocycles. The molecule has 0 aliphatic rings. The first-order valence-electron chi connectivity index (χ1n) is 7.76. The molecule has 2 rings (SSSR count). The molecule has 11 heteroatoms. The Bertz CT molecular complexity index is 604. The van der Waals surface area contributed by atoms with Crippen molar-refractivity contribution in [2.45, 2.75) is 37.7 Å². The lowest BCUT2D eigenvalue weighted by Crippen LogP contribution is -2.33. The largest absolute Gasteiger partial charge is 0.370 e. The molecule has 0 unspecified atom stereocenters. The van der Waals surface area contributed by atoms with Crippen LogP contribution in [0.1, 0.15) is 30.4 Å². The molecule has 0 aliphatic carbocycles. The molecule has 0 amide bonds. The number of nitrogens with two attached hydrogens (primary N) is 1. The summed E-state index contributed by atoms with van der Waals surface area (Å²) in [6.07, 6.45) is 7.22. The van der Waals surface area contributed by atoms with Crippen LogP contribution < -0.4 is 11.1 Å². The maximum atomic E-state index is 5.89. The van der Waals surface area contributed by atoms with Crippen LogP contribution in [0.4, 0.5) is 0 Å². The minimum atomic E-state index is 0. The number of nitrogens with zero attached hydrogens (tertiary/aromatic N) is 3. The van der Waals surface area contributed by atoms with Gasteiger partial charge in [0.25, 0.3) is 0 Å². The zero-order valence-electron chi connectivity index (χ0n) is 14.9. The maximum absolute atomic E-state index is 5.89. The summed E-state index contributed by atoms with van der Waals surface area (Å²) in [6.45, 7) is 5.70. The van der Waals surface area contributed by atoms with Crippen molar-refractivity contribution in [2.75, 3.05) is 13.1 Å². The molecule has 2 aromatic heterocycles. The van der Waals surface area contributed by atoms with Gasteiger partial charge in [0.1, 0.15) is 0 Å². The second kappa shape index (κ2) is 15.0. The minimum absolute atomic E-state index is 0. The Morgan fingerprint density at radius 2 is 2.08 bits per heavy atom. The molecule has 0 bridgehead atoms. The Morgan fingerprint density at radius 1 is 1.31 bits per heavy atom. The lowest BCUT2D eigenvalue weighted by molar-refractivity contribution is 0.754. The zero-order chi connectivity index (χ0) is 16.5. The molecule has 26 heavy (non-hydrogen) atoms. The van der Waals surface area contributed by atoms with Crippen LogP contribution in [0.3, 0.4) is 0 Å². The number of hydrogen-bond acceptors (Lipinski definition) is 4. The number of hydrogen-bond donors (Lipinski definition) is 4. The van der Waals surface area contributed by atoms with Gasteiger partial charge in [-0.2, -0.15) is 11.8 Å². The number of aryl methyl sites for hydroxylation is 2. The van der Waals surface area contributed by atoms with E-state index in [0.29, 0.717) is 17.8 Å². The lowest BCUT2D eigenvalue weighted by atomic mass is 10.2. The SMILES string of the molecule is Cc1[nH]cnc1CS[C@H](C)CN=C(N)NCCCc1cnc[nH]1.Cl.Cl.Cl. The number of guanidine groups is 1. The molecule has 0 spiro atoms. The Balaban J connectivity index is 0. The van der Waals surface area contributed by atoms with Gasteiger partial charge in [0, 0.05) is 35.1 Å².